The van der Waals surface area contributed by atoms with Crippen LogP contribution in [0, 0.1) is 6.92 Å². The number of sulfonamides is 1. The van der Waals surface area contributed by atoms with E-state index in [4.69, 9.17) is 9.47 Å². The van der Waals surface area contributed by atoms with Gasteiger partial charge in [-0.15, -0.1) is 0 Å². The van der Waals surface area contributed by atoms with Crippen LogP contribution in [-0.2, 0) is 16.2 Å². The first-order valence-corrected chi connectivity index (χ1v) is 8.90. The molecule has 26 heavy (non-hydrogen) atoms. The average Bonchev–Trinajstić information content (AvgIpc) is 3.05. The molecule has 0 radical (unpaired) electrons. The van der Waals surface area contributed by atoms with E-state index in [1.165, 1.54) is 14.2 Å². The molecule has 1 unspecified atom stereocenters. The van der Waals surface area contributed by atoms with Crippen LogP contribution < -0.4 is 14.2 Å². The molecule has 0 aliphatic rings. The first-order valence-electron chi connectivity index (χ1n) is 7.42. The van der Waals surface area contributed by atoms with Gasteiger partial charge in [-0.2, -0.15) is 13.2 Å². The van der Waals surface area contributed by atoms with Gasteiger partial charge in [-0.3, -0.25) is 0 Å². The molecule has 144 valence electrons. The number of alkyl halides is 3. The molecule has 0 saturated heterocycles. The summed E-state index contributed by atoms with van der Waals surface area (Å²) in [5.74, 6) is -0.467. The number of furan rings is 1. The van der Waals surface area contributed by atoms with Crippen LogP contribution in [-0.4, -0.2) is 22.6 Å². The highest BCUT2D eigenvalue weighted by Gasteiger charge is 2.36. The molecule has 0 saturated carbocycles. The minimum Gasteiger partial charge on any atom is -0.493 e. The second-order valence-electron chi connectivity index (χ2n) is 5.47. The summed E-state index contributed by atoms with van der Waals surface area (Å²) in [4.78, 5) is 0. The van der Waals surface area contributed by atoms with Gasteiger partial charge in [-0.25, -0.2) is 13.1 Å². The molecule has 2 rings (SSSR count). The Morgan fingerprint density at radius 1 is 1.12 bits per heavy atom. The fourth-order valence-corrected chi connectivity index (χ4v) is 3.69. The van der Waals surface area contributed by atoms with Crippen LogP contribution >= 0.6 is 0 Å². The van der Waals surface area contributed by atoms with Gasteiger partial charge in [0.05, 0.1) is 14.2 Å². The Balaban J connectivity index is 2.31. The lowest BCUT2D eigenvalue weighted by Crippen LogP contribution is -2.27. The quantitative estimate of drug-likeness (QED) is 0.810. The van der Waals surface area contributed by atoms with Crippen molar-refractivity contribution < 1.29 is 35.5 Å². The summed E-state index contributed by atoms with van der Waals surface area (Å²) >= 11 is 0. The van der Waals surface area contributed by atoms with Crippen LogP contribution in [0.2, 0.25) is 0 Å². The summed E-state index contributed by atoms with van der Waals surface area (Å²) in [6.07, 6.45) is -4.76. The lowest BCUT2D eigenvalue weighted by molar-refractivity contribution is -0.154. The summed E-state index contributed by atoms with van der Waals surface area (Å²) in [6.45, 7) is 3.27. The van der Waals surface area contributed by atoms with Gasteiger partial charge in [0.25, 0.3) is 10.0 Å². The zero-order valence-electron chi connectivity index (χ0n) is 14.5. The van der Waals surface area contributed by atoms with Crippen LogP contribution in [0.1, 0.15) is 29.9 Å². The van der Waals surface area contributed by atoms with Gasteiger partial charge in [-0.1, -0.05) is 6.07 Å². The van der Waals surface area contributed by atoms with Gasteiger partial charge in [0.15, 0.2) is 11.5 Å². The molecule has 0 amide bonds. The second kappa shape index (κ2) is 7.20. The van der Waals surface area contributed by atoms with Gasteiger partial charge in [0.2, 0.25) is 10.9 Å². The van der Waals surface area contributed by atoms with Gasteiger partial charge in [0.1, 0.15) is 0 Å². The third-order valence-corrected chi connectivity index (χ3v) is 5.17. The highest BCUT2D eigenvalue weighted by molar-refractivity contribution is 7.89. The van der Waals surface area contributed by atoms with E-state index in [1.807, 2.05) is 0 Å². The third kappa shape index (κ3) is 3.96. The minimum absolute atomic E-state index is 0.438. The summed E-state index contributed by atoms with van der Waals surface area (Å²) in [5.41, 5.74) is 1.21. The summed E-state index contributed by atoms with van der Waals surface area (Å²) in [5, 5.41) is -0.810. The lowest BCUT2D eigenvalue weighted by atomic mass is 10.0. The number of benzene rings is 1. The van der Waals surface area contributed by atoms with Crippen LogP contribution in [0.3, 0.4) is 0 Å². The Labute approximate surface area is 149 Å². The third-order valence-electron chi connectivity index (χ3n) is 3.76. The molecule has 0 aliphatic carbocycles. The molecule has 1 aromatic heterocycles. The Bertz CT molecular complexity index is 890. The van der Waals surface area contributed by atoms with E-state index < -0.39 is 33.1 Å². The van der Waals surface area contributed by atoms with Crippen molar-refractivity contribution in [3.05, 3.63) is 41.2 Å². The summed E-state index contributed by atoms with van der Waals surface area (Å²) in [6, 6.07) is 3.84. The molecule has 6 nitrogen and oxygen atoms in total. The SMILES string of the molecule is COc1ccc(C(C)NS(=O)(=O)c2ccc(C(F)(F)F)o2)c(C)c1OC. The lowest BCUT2D eigenvalue weighted by Gasteiger charge is -2.19. The largest absolute Gasteiger partial charge is 0.493 e. The highest BCUT2D eigenvalue weighted by atomic mass is 32.2. The monoisotopic (exact) mass is 393 g/mol. The van der Waals surface area contributed by atoms with E-state index in [9.17, 15) is 21.6 Å². The maximum absolute atomic E-state index is 12.6. The minimum atomic E-state index is -4.76. The van der Waals surface area contributed by atoms with Gasteiger partial charge in [0, 0.05) is 6.04 Å². The molecule has 0 spiro atoms. The molecular formula is C16H18F3NO5S. The van der Waals surface area contributed by atoms with Crippen molar-refractivity contribution in [1.29, 1.82) is 0 Å². The van der Waals surface area contributed by atoms with E-state index >= 15 is 0 Å². The molecule has 1 heterocycles. The number of ether oxygens (including phenoxy) is 2. The van der Waals surface area contributed by atoms with E-state index in [1.54, 1.807) is 26.0 Å². The number of nitrogens with one attached hydrogen (secondary N) is 1. The maximum Gasteiger partial charge on any atom is 0.449 e. The van der Waals surface area contributed by atoms with Crippen molar-refractivity contribution in [3.63, 3.8) is 0 Å². The normalized spacial score (nSPS) is 13.5. The number of methoxy groups -OCH3 is 2. The van der Waals surface area contributed by atoms with Crippen LogP contribution in [0.4, 0.5) is 13.2 Å². The van der Waals surface area contributed by atoms with Crippen molar-refractivity contribution in [2.24, 2.45) is 0 Å². The molecule has 0 bridgehead atoms. The number of rotatable bonds is 6. The van der Waals surface area contributed by atoms with Crippen LogP contribution in [0.15, 0.2) is 33.8 Å². The fourth-order valence-electron chi connectivity index (χ4n) is 2.54. The maximum atomic E-state index is 12.6. The predicted molar refractivity (Wildman–Crippen MR) is 86.7 cm³/mol. The number of hydrogen-bond acceptors (Lipinski definition) is 5. The topological polar surface area (TPSA) is 77.8 Å². The van der Waals surface area contributed by atoms with Gasteiger partial charge >= 0.3 is 6.18 Å². The van der Waals surface area contributed by atoms with E-state index in [-0.39, 0.29) is 0 Å². The van der Waals surface area contributed by atoms with Crippen molar-refractivity contribution in [2.45, 2.75) is 31.2 Å². The van der Waals surface area contributed by atoms with Gasteiger partial charge in [-0.05, 0) is 43.2 Å². The highest BCUT2D eigenvalue weighted by Crippen LogP contribution is 2.36. The van der Waals surface area contributed by atoms with E-state index in [0.29, 0.717) is 28.7 Å². The Morgan fingerprint density at radius 2 is 1.77 bits per heavy atom. The average molecular weight is 393 g/mol. The Kier molecular flexibility index (Phi) is 5.57. The molecular weight excluding hydrogens is 375 g/mol. The van der Waals surface area contributed by atoms with Crippen molar-refractivity contribution in [2.75, 3.05) is 14.2 Å². The van der Waals surface area contributed by atoms with Gasteiger partial charge < -0.3 is 13.9 Å². The standard InChI is InChI=1S/C16H18F3NO5S/c1-9-11(5-6-12(23-3)15(9)24-4)10(2)20-26(21,22)14-8-7-13(25-14)16(17,18)19/h5-8,10,20H,1-4H3. The molecule has 0 aliphatic heterocycles. The molecule has 1 N–H and O–H groups in total. The first-order chi connectivity index (χ1) is 12.0. The molecule has 1 atom stereocenters. The molecule has 10 heteroatoms. The van der Waals surface area contributed by atoms with E-state index in [0.717, 1.165) is 6.07 Å². The number of halogens is 3. The van der Waals surface area contributed by atoms with Crippen LogP contribution in [0.5, 0.6) is 11.5 Å². The van der Waals surface area contributed by atoms with Crippen molar-refractivity contribution in [3.8, 4) is 11.5 Å². The Hall–Kier alpha value is -2.20. The Morgan fingerprint density at radius 3 is 2.27 bits per heavy atom. The van der Waals surface area contributed by atoms with Crippen molar-refractivity contribution >= 4 is 10.0 Å². The summed E-state index contributed by atoms with van der Waals surface area (Å²) < 4.78 is 79.6. The fraction of sp³-hybridized carbons (Fsp3) is 0.375. The first kappa shape index (κ1) is 20.1. The zero-order chi connectivity index (χ0) is 19.7. The van der Waals surface area contributed by atoms with E-state index in [2.05, 4.69) is 9.14 Å². The number of hydrogen-bond donors (Lipinski definition) is 1. The molecule has 1 aromatic carbocycles. The molecule has 2 aromatic rings. The smallest absolute Gasteiger partial charge is 0.449 e. The molecule has 0 fully saturated rings. The van der Waals surface area contributed by atoms with Crippen LogP contribution in [0.25, 0.3) is 0 Å². The predicted octanol–water partition coefficient (Wildman–Crippen LogP) is 3.66. The second-order valence-corrected chi connectivity index (χ2v) is 7.12. The summed E-state index contributed by atoms with van der Waals surface area (Å²) in [7, 11) is -1.37. The van der Waals surface area contributed by atoms with Crippen molar-refractivity contribution in [1.82, 2.24) is 4.72 Å². The zero-order valence-corrected chi connectivity index (χ0v) is 15.3.